The maximum Gasteiger partial charge on any atom is 0.361 e. The van der Waals surface area contributed by atoms with E-state index < -0.39 is 0 Å². The average Bonchev–Trinajstić information content (AvgIpc) is 3.28. The van der Waals surface area contributed by atoms with Crippen LogP contribution in [-0.2, 0) is 9.31 Å². The molecule has 35 heavy (non-hydrogen) atoms. The number of benzene rings is 4. The first-order valence-corrected chi connectivity index (χ1v) is 12.8. The van der Waals surface area contributed by atoms with Crippen LogP contribution < -0.4 is 33.3 Å². The molecule has 4 N–H and O–H groups in total. The first kappa shape index (κ1) is 23.8. The molecule has 5 aromatic rings. The normalized spacial score (nSPS) is 11.3. The van der Waals surface area contributed by atoms with Gasteiger partial charge >= 0.3 is 13.8 Å². The van der Waals surface area contributed by atoms with Crippen molar-refractivity contribution in [2.24, 2.45) is 11.5 Å². The zero-order chi connectivity index (χ0) is 24.0. The van der Waals surface area contributed by atoms with Gasteiger partial charge in [-0.25, -0.2) is 0 Å². The smallest absolute Gasteiger partial charge is 0.361 e. The molecule has 1 aromatic heterocycles. The van der Waals surface area contributed by atoms with Crippen molar-refractivity contribution in [1.82, 2.24) is 0 Å². The standard InChI is InChI=1S/C28H28B2N2O2S/c31-15-17-33-29(21-7-3-1-4-8-21)23-11-13-27-25(19-23)26-20-24(12-14-28(26)35-27)30(34-18-16-32)22-9-5-2-6-10-22/h1-14,19-20H,15-18,31-32H2. The quantitative estimate of drug-likeness (QED) is 0.302. The Morgan fingerprint density at radius 1 is 0.543 bits per heavy atom. The van der Waals surface area contributed by atoms with Crippen molar-refractivity contribution < 1.29 is 9.31 Å². The van der Waals surface area contributed by atoms with Gasteiger partial charge in [0.1, 0.15) is 0 Å². The molecule has 0 bridgehead atoms. The Balaban J connectivity index is 1.59. The number of hydrogen-bond donors (Lipinski definition) is 2. The fourth-order valence-corrected chi connectivity index (χ4v) is 5.60. The van der Waals surface area contributed by atoms with Gasteiger partial charge in [-0.1, -0.05) is 84.9 Å². The summed E-state index contributed by atoms with van der Waals surface area (Å²) in [6, 6.07) is 33.9. The van der Waals surface area contributed by atoms with E-state index >= 15 is 0 Å². The van der Waals surface area contributed by atoms with Crippen LogP contribution in [0, 0.1) is 0 Å². The molecule has 0 unspecified atom stereocenters. The van der Waals surface area contributed by atoms with Gasteiger partial charge in [-0.05, 0) is 44.8 Å². The van der Waals surface area contributed by atoms with Gasteiger partial charge in [0.15, 0.2) is 0 Å². The molecule has 0 amide bonds. The lowest BCUT2D eigenvalue weighted by atomic mass is 9.55. The minimum atomic E-state index is -0.160. The van der Waals surface area contributed by atoms with Gasteiger partial charge in [0.25, 0.3) is 0 Å². The minimum absolute atomic E-state index is 0.160. The Morgan fingerprint density at radius 3 is 1.37 bits per heavy atom. The second-order valence-corrected chi connectivity index (χ2v) is 9.60. The molecule has 0 fully saturated rings. The molecule has 5 rings (SSSR count). The molecule has 1 heterocycles. The molecular weight excluding hydrogens is 450 g/mol. The molecule has 4 nitrogen and oxygen atoms in total. The van der Waals surface area contributed by atoms with Crippen LogP contribution in [0.4, 0.5) is 0 Å². The van der Waals surface area contributed by atoms with Crippen molar-refractivity contribution in [3.8, 4) is 0 Å². The summed E-state index contributed by atoms with van der Waals surface area (Å²) in [7, 11) is 0. The first-order valence-electron chi connectivity index (χ1n) is 12.0. The van der Waals surface area contributed by atoms with Crippen LogP contribution in [0.15, 0.2) is 97.1 Å². The van der Waals surface area contributed by atoms with Crippen LogP contribution in [0.2, 0.25) is 0 Å². The molecule has 0 atom stereocenters. The highest BCUT2D eigenvalue weighted by atomic mass is 32.1. The molecule has 0 saturated carbocycles. The van der Waals surface area contributed by atoms with Gasteiger partial charge in [-0.15, -0.1) is 11.3 Å². The summed E-state index contributed by atoms with van der Waals surface area (Å²) in [5, 5.41) is 2.46. The zero-order valence-corrected chi connectivity index (χ0v) is 20.4. The van der Waals surface area contributed by atoms with E-state index in [4.69, 9.17) is 20.8 Å². The highest BCUT2D eigenvalue weighted by molar-refractivity contribution is 7.25. The summed E-state index contributed by atoms with van der Waals surface area (Å²) in [5.74, 6) is 0. The van der Waals surface area contributed by atoms with Crippen molar-refractivity contribution in [2.45, 2.75) is 0 Å². The van der Waals surface area contributed by atoms with Crippen molar-refractivity contribution in [3.05, 3.63) is 97.1 Å². The molecule has 7 heteroatoms. The van der Waals surface area contributed by atoms with E-state index in [9.17, 15) is 0 Å². The molecule has 4 aromatic carbocycles. The molecule has 0 aliphatic carbocycles. The van der Waals surface area contributed by atoms with Crippen LogP contribution in [-0.4, -0.2) is 40.1 Å². The molecule has 174 valence electrons. The second kappa shape index (κ2) is 11.2. The maximum atomic E-state index is 6.21. The SMILES string of the molecule is NCCOB(c1ccccc1)c1ccc2sc3ccc(B(OCCN)c4ccccc4)cc3c2c1. The van der Waals surface area contributed by atoms with Gasteiger partial charge in [0.2, 0.25) is 0 Å². The Labute approximate surface area is 211 Å². The minimum Gasteiger partial charge on any atom is -0.426 e. The number of hydrogen-bond acceptors (Lipinski definition) is 5. The summed E-state index contributed by atoms with van der Waals surface area (Å²) < 4.78 is 14.9. The van der Waals surface area contributed by atoms with Crippen molar-refractivity contribution in [1.29, 1.82) is 0 Å². The Morgan fingerprint density at radius 2 is 0.971 bits per heavy atom. The Bertz CT molecular complexity index is 1290. The molecule has 0 radical (unpaired) electrons. The van der Waals surface area contributed by atoms with Crippen LogP contribution in [0.5, 0.6) is 0 Å². The number of fused-ring (bicyclic) bond motifs is 3. The fourth-order valence-electron chi connectivity index (χ4n) is 4.54. The summed E-state index contributed by atoms with van der Waals surface area (Å²) in [4.78, 5) is 0. The topological polar surface area (TPSA) is 70.5 Å². The van der Waals surface area contributed by atoms with Gasteiger partial charge in [-0.3, -0.25) is 0 Å². The first-order chi connectivity index (χ1) is 17.3. The van der Waals surface area contributed by atoms with Gasteiger partial charge in [0.05, 0.1) is 0 Å². The van der Waals surface area contributed by atoms with Crippen molar-refractivity contribution in [3.63, 3.8) is 0 Å². The monoisotopic (exact) mass is 478 g/mol. The van der Waals surface area contributed by atoms with Gasteiger partial charge in [-0.2, -0.15) is 0 Å². The van der Waals surface area contributed by atoms with E-state index in [0.717, 1.165) is 21.9 Å². The summed E-state index contributed by atoms with van der Waals surface area (Å²) in [6.45, 7) is 1.66. The second-order valence-electron chi connectivity index (χ2n) is 8.51. The fraction of sp³-hybridized carbons (Fsp3) is 0.143. The zero-order valence-electron chi connectivity index (χ0n) is 19.6. The molecule has 0 saturated heterocycles. The van der Waals surface area contributed by atoms with E-state index in [0.29, 0.717) is 26.3 Å². The van der Waals surface area contributed by atoms with E-state index in [1.807, 2.05) is 47.7 Å². The summed E-state index contributed by atoms with van der Waals surface area (Å²) in [6.07, 6.45) is 0. The third-order valence-electron chi connectivity index (χ3n) is 6.13. The number of nitrogens with two attached hydrogens (primary N) is 2. The van der Waals surface area contributed by atoms with Crippen molar-refractivity contribution in [2.75, 3.05) is 26.3 Å². The lowest BCUT2D eigenvalue weighted by Gasteiger charge is -2.16. The lowest BCUT2D eigenvalue weighted by molar-refractivity contribution is 0.344. The van der Waals surface area contributed by atoms with Gasteiger partial charge in [0, 0.05) is 35.7 Å². The third kappa shape index (κ3) is 5.20. The largest absolute Gasteiger partial charge is 0.426 e. The molecule has 0 aliphatic heterocycles. The van der Waals surface area contributed by atoms with Crippen LogP contribution >= 0.6 is 11.3 Å². The van der Waals surface area contributed by atoms with Crippen LogP contribution in [0.1, 0.15) is 0 Å². The predicted octanol–water partition coefficient (Wildman–Crippen LogP) is 2.22. The number of thiophene rings is 1. The maximum absolute atomic E-state index is 6.21. The molecule has 0 aliphatic rings. The van der Waals surface area contributed by atoms with Crippen molar-refractivity contribution >= 4 is 67.2 Å². The number of rotatable bonds is 10. The Hall–Kier alpha value is -2.93. The van der Waals surface area contributed by atoms with Crippen LogP contribution in [0.25, 0.3) is 20.2 Å². The van der Waals surface area contributed by atoms with E-state index in [1.54, 1.807) is 0 Å². The van der Waals surface area contributed by atoms with E-state index in [2.05, 4.69) is 60.7 Å². The molecule has 0 spiro atoms. The average molecular weight is 478 g/mol. The highest BCUT2D eigenvalue weighted by Gasteiger charge is 2.24. The molecular formula is C28H28B2N2O2S. The van der Waals surface area contributed by atoms with E-state index in [1.165, 1.54) is 20.2 Å². The summed E-state index contributed by atoms with van der Waals surface area (Å²) >= 11 is 1.81. The summed E-state index contributed by atoms with van der Waals surface area (Å²) in [5.41, 5.74) is 16.0. The Kier molecular flexibility index (Phi) is 7.62. The third-order valence-corrected chi connectivity index (χ3v) is 7.28. The predicted molar refractivity (Wildman–Crippen MR) is 152 cm³/mol. The van der Waals surface area contributed by atoms with E-state index in [-0.39, 0.29) is 13.8 Å². The van der Waals surface area contributed by atoms with Gasteiger partial charge < -0.3 is 20.8 Å². The van der Waals surface area contributed by atoms with Crippen LogP contribution in [0.3, 0.4) is 0 Å². The highest BCUT2D eigenvalue weighted by Crippen LogP contribution is 2.32. The lowest BCUT2D eigenvalue weighted by Crippen LogP contribution is -2.46.